The maximum atomic E-state index is 14.3. The molecule has 5 nitrogen and oxygen atoms in total. The Morgan fingerprint density at radius 3 is 2.74 bits per heavy atom. The fourth-order valence-corrected chi connectivity index (χ4v) is 3.48. The summed E-state index contributed by atoms with van der Waals surface area (Å²) in [6.07, 6.45) is -1.85. The number of primary amides is 1. The number of hydrogen-bond donors (Lipinski definition) is 2. The first-order valence-electron chi connectivity index (χ1n) is 7.12. The number of amides is 1. The molecule has 2 aliphatic rings. The van der Waals surface area contributed by atoms with Gasteiger partial charge in [-0.15, -0.1) is 0 Å². The van der Waals surface area contributed by atoms with Gasteiger partial charge in [-0.25, -0.2) is 18.2 Å². The van der Waals surface area contributed by atoms with Crippen molar-refractivity contribution in [1.29, 1.82) is 0 Å². The average Bonchev–Trinajstić information content (AvgIpc) is 2.73. The van der Waals surface area contributed by atoms with Gasteiger partial charge in [-0.1, -0.05) is 0 Å². The lowest BCUT2D eigenvalue weighted by atomic mass is 9.76. The van der Waals surface area contributed by atoms with Crippen LogP contribution in [0.3, 0.4) is 0 Å². The first-order valence-corrected chi connectivity index (χ1v) is 7.12. The molecule has 1 aliphatic carbocycles. The predicted molar refractivity (Wildman–Crippen MR) is 76.4 cm³/mol. The quantitative estimate of drug-likeness (QED) is 0.869. The molecule has 0 aromatic heterocycles. The molecule has 1 heterocycles. The summed E-state index contributed by atoms with van der Waals surface area (Å²) in [5.41, 5.74) is 9.55. The monoisotopic (exact) mass is 327 g/mol. The Kier molecular flexibility index (Phi) is 3.31. The normalized spacial score (nSPS) is 31.9. The van der Waals surface area contributed by atoms with Crippen LogP contribution in [-0.4, -0.2) is 24.0 Å². The highest BCUT2D eigenvalue weighted by Crippen LogP contribution is 2.52. The molecule has 23 heavy (non-hydrogen) atoms. The lowest BCUT2D eigenvalue weighted by Crippen LogP contribution is -2.45. The van der Waals surface area contributed by atoms with Gasteiger partial charge in [0.15, 0.2) is 0 Å². The van der Waals surface area contributed by atoms with Crippen molar-refractivity contribution < 1.29 is 22.7 Å². The summed E-state index contributed by atoms with van der Waals surface area (Å²) < 4.78 is 47.2. The molecule has 3 rings (SSSR count). The molecule has 1 aromatic rings. The Morgan fingerprint density at radius 2 is 2.09 bits per heavy atom. The van der Waals surface area contributed by atoms with Gasteiger partial charge in [0.2, 0.25) is 5.91 Å². The topological polar surface area (TPSA) is 90.7 Å². The summed E-state index contributed by atoms with van der Waals surface area (Å²) in [6, 6.07) is 3.28. The maximum absolute atomic E-state index is 14.3. The molecule has 1 amide bonds. The summed E-state index contributed by atoms with van der Waals surface area (Å²) in [7, 11) is 0. The van der Waals surface area contributed by atoms with Gasteiger partial charge in [-0.3, -0.25) is 4.79 Å². The van der Waals surface area contributed by atoms with E-state index >= 15 is 0 Å². The molecule has 3 atom stereocenters. The minimum atomic E-state index is -2.94. The van der Waals surface area contributed by atoms with Gasteiger partial charge in [-0.2, -0.15) is 0 Å². The molecule has 1 aliphatic heterocycles. The van der Waals surface area contributed by atoms with E-state index in [1.165, 1.54) is 19.1 Å². The first-order chi connectivity index (χ1) is 10.6. The Labute approximate surface area is 130 Å². The van der Waals surface area contributed by atoms with Crippen LogP contribution in [0.25, 0.3) is 0 Å². The molecule has 0 bridgehead atoms. The molecular weight excluding hydrogens is 311 g/mol. The Hall–Kier alpha value is -2.25. The number of amidine groups is 1. The number of carbonyl (C=O) groups is 1. The van der Waals surface area contributed by atoms with Crippen molar-refractivity contribution in [3.63, 3.8) is 0 Å². The van der Waals surface area contributed by atoms with Crippen LogP contribution < -0.4 is 11.5 Å². The summed E-state index contributed by atoms with van der Waals surface area (Å²) in [4.78, 5) is 15.4. The van der Waals surface area contributed by atoms with Gasteiger partial charge in [0.05, 0.1) is 5.54 Å². The Balaban J connectivity index is 2.14. The smallest absolute Gasteiger partial charge is 0.283 e. The number of carbonyl (C=O) groups excluding carboxylic acids is 1. The molecule has 4 N–H and O–H groups in total. The molecular formula is C15H16F3N3O2. The zero-order valence-electron chi connectivity index (χ0n) is 12.4. The van der Waals surface area contributed by atoms with Crippen LogP contribution in [0, 0.1) is 11.7 Å². The number of benzene rings is 1. The fourth-order valence-electron chi connectivity index (χ4n) is 3.48. The standard InChI is InChI=1S/C15H16F3N3O2/c1-14(8-4-7(12(19)22)2-3-10(8)16)9-5-15(17,18)6-11(9)23-13(20)21-14/h2-4,9,11H,5-6H2,1H3,(H2,19,22)(H2,20,21)/t9-,11+,14+/m0/s1. The average molecular weight is 327 g/mol. The number of nitrogens with two attached hydrogens (primary N) is 2. The van der Waals surface area contributed by atoms with Crippen LogP contribution in [-0.2, 0) is 10.3 Å². The third-order valence-electron chi connectivity index (χ3n) is 4.60. The number of hydrogen-bond acceptors (Lipinski definition) is 4. The number of nitrogens with zero attached hydrogens (tertiary/aromatic N) is 1. The zero-order valence-corrected chi connectivity index (χ0v) is 12.4. The lowest BCUT2D eigenvalue weighted by molar-refractivity contribution is -0.00278. The summed E-state index contributed by atoms with van der Waals surface area (Å²) in [6.45, 7) is 1.52. The van der Waals surface area contributed by atoms with Crippen molar-refractivity contribution in [2.24, 2.45) is 22.4 Å². The van der Waals surface area contributed by atoms with Gasteiger partial charge in [0.25, 0.3) is 11.9 Å². The molecule has 8 heteroatoms. The van der Waals surface area contributed by atoms with E-state index in [-0.39, 0.29) is 17.1 Å². The fraction of sp³-hybridized carbons (Fsp3) is 0.467. The molecule has 1 saturated carbocycles. The SMILES string of the molecule is C[C@]1(c2cc(C(N)=O)ccc2F)N=C(N)O[C@@H]2CC(F)(F)C[C@@H]21. The van der Waals surface area contributed by atoms with Crippen molar-refractivity contribution in [2.75, 3.05) is 0 Å². The highest BCUT2D eigenvalue weighted by Gasteiger charge is 2.58. The van der Waals surface area contributed by atoms with E-state index in [9.17, 15) is 18.0 Å². The van der Waals surface area contributed by atoms with Crippen LogP contribution in [0.4, 0.5) is 13.2 Å². The van der Waals surface area contributed by atoms with E-state index in [4.69, 9.17) is 16.2 Å². The molecule has 0 spiro atoms. The van der Waals surface area contributed by atoms with Gasteiger partial charge in [0.1, 0.15) is 11.9 Å². The van der Waals surface area contributed by atoms with Gasteiger partial charge in [-0.05, 0) is 25.1 Å². The lowest BCUT2D eigenvalue weighted by Gasteiger charge is -2.39. The van der Waals surface area contributed by atoms with Crippen molar-refractivity contribution >= 4 is 11.9 Å². The molecule has 1 fully saturated rings. The molecule has 1 aromatic carbocycles. The number of halogens is 3. The van der Waals surface area contributed by atoms with E-state index < -0.39 is 48.0 Å². The van der Waals surface area contributed by atoms with E-state index in [1.54, 1.807) is 0 Å². The van der Waals surface area contributed by atoms with Crippen molar-refractivity contribution in [3.8, 4) is 0 Å². The molecule has 0 radical (unpaired) electrons. The first kappa shape index (κ1) is 15.6. The van der Waals surface area contributed by atoms with E-state index in [0.29, 0.717) is 0 Å². The summed E-state index contributed by atoms with van der Waals surface area (Å²) >= 11 is 0. The molecule has 0 unspecified atom stereocenters. The number of fused-ring (bicyclic) bond motifs is 1. The Morgan fingerprint density at radius 1 is 1.39 bits per heavy atom. The highest BCUT2D eigenvalue weighted by atomic mass is 19.3. The maximum Gasteiger partial charge on any atom is 0.283 e. The number of ether oxygens (including phenoxy) is 1. The second-order valence-corrected chi connectivity index (χ2v) is 6.18. The van der Waals surface area contributed by atoms with E-state index in [0.717, 1.165) is 6.07 Å². The predicted octanol–water partition coefficient (Wildman–Crippen LogP) is 1.90. The van der Waals surface area contributed by atoms with Crippen molar-refractivity contribution in [1.82, 2.24) is 0 Å². The van der Waals surface area contributed by atoms with E-state index in [1.807, 2.05) is 0 Å². The van der Waals surface area contributed by atoms with Gasteiger partial charge < -0.3 is 16.2 Å². The van der Waals surface area contributed by atoms with Gasteiger partial charge >= 0.3 is 0 Å². The van der Waals surface area contributed by atoms with Crippen LogP contribution in [0.2, 0.25) is 0 Å². The minimum Gasteiger partial charge on any atom is -0.461 e. The number of alkyl halides is 2. The van der Waals surface area contributed by atoms with Crippen LogP contribution >= 0.6 is 0 Å². The summed E-state index contributed by atoms with van der Waals surface area (Å²) in [5.74, 6) is -5.10. The van der Waals surface area contributed by atoms with Gasteiger partial charge in [0, 0.05) is 29.9 Å². The van der Waals surface area contributed by atoms with Crippen molar-refractivity contribution in [3.05, 3.63) is 35.1 Å². The third kappa shape index (κ3) is 2.51. The molecule has 124 valence electrons. The second kappa shape index (κ2) is 4.87. The highest BCUT2D eigenvalue weighted by molar-refractivity contribution is 5.93. The minimum absolute atomic E-state index is 0.00718. The Bertz CT molecular complexity index is 707. The van der Waals surface area contributed by atoms with Crippen LogP contribution in [0.5, 0.6) is 0 Å². The van der Waals surface area contributed by atoms with Crippen molar-refractivity contribution in [2.45, 2.75) is 37.3 Å². The second-order valence-electron chi connectivity index (χ2n) is 6.18. The zero-order chi connectivity index (χ0) is 17.0. The molecule has 0 saturated heterocycles. The van der Waals surface area contributed by atoms with Crippen LogP contribution in [0.15, 0.2) is 23.2 Å². The summed E-state index contributed by atoms with van der Waals surface area (Å²) in [5, 5.41) is 0. The van der Waals surface area contributed by atoms with E-state index in [2.05, 4.69) is 4.99 Å². The number of rotatable bonds is 2. The number of aliphatic imine (C=N–C) groups is 1. The van der Waals surface area contributed by atoms with Crippen LogP contribution in [0.1, 0.15) is 35.7 Å². The largest absolute Gasteiger partial charge is 0.461 e. The third-order valence-corrected chi connectivity index (χ3v) is 4.60.